The molecule has 0 bridgehead atoms. The largest absolute Gasteiger partial charge is 0.367 e. The van der Waals surface area contributed by atoms with Gasteiger partial charge in [-0.1, -0.05) is 37.5 Å². The third-order valence-electron chi connectivity index (χ3n) is 4.53. The summed E-state index contributed by atoms with van der Waals surface area (Å²) in [6, 6.07) is 8.86. The minimum Gasteiger partial charge on any atom is -0.367 e. The summed E-state index contributed by atoms with van der Waals surface area (Å²) in [5, 5.41) is 6.98. The average Bonchev–Trinajstić information content (AvgIpc) is 2.51. The highest BCUT2D eigenvalue weighted by Crippen LogP contribution is 2.25. The van der Waals surface area contributed by atoms with Crippen molar-refractivity contribution in [1.82, 2.24) is 9.97 Å². The van der Waals surface area contributed by atoms with E-state index in [4.69, 9.17) is 0 Å². The number of nitrogens with zero attached hydrogens (tertiary/aromatic N) is 2. The Hall–Kier alpha value is -2.10. The second-order valence-electron chi connectivity index (χ2n) is 6.59. The van der Waals surface area contributed by atoms with Crippen molar-refractivity contribution in [1.29, 1.82) is 0 Å². The number of hydrogen-bond donors (Lipinski definition) is 2. The Balaban J connectivity index is 1.80. The van der Waals surface area contributed by atoms with Crippen molar-refractivity contribution in [2.45, 2.75) is 58.9 Å². The first kappa shape index (κ1) is 15.8. The molecule has 1 heterocycles. The molecule has 0 radical (unpaired) electrons. The third kappa shape index (κ3) is 4.01. The van der Waals surface area contributed by atoms with Crippen LogP contribution in [-0.2, 0) is 0 Å². The summed E-state index contributed by atoms with van der Waals surface area (Å²) in [5.41, 5.74) is 4.49. The number of nitrogens with one attached hydrogen (secondary N) is 2. The molecule has 0 aliphatic heterocycles. The van der Waals surface area contributed by atoms with Crippen molar-refractivity contribution in [3.05, 3.63) is 41.1 Å². The van der Waals surface area contributed by atoms with E-state index in [0.29, 0.717) is 12.0 Å². The smallest absolute Gasteiger partial charge is 0.229 e. The van der Waals surface area contributed by atoms with Gasteiger partial charge in [-0.3, -0.25) is 0 Å². The van der Waals surface area contributed by atoms with Gasteiger partial charge in [-0.2, -0.15) is 4.98 Å². The van der Waals surface area contributed by atoms with Crippen molar-refractivity contribution < 1.29 is 0 Å². The number of rotatable bonds is 4. The van der Waals surface area contributed by atoms with Crippen LogP contribution in [0.5, 0.6) is 0 Å². The van der Waals surface area contributed by atoms with Gasteiger partial charge in [0.15, 0.2) is 0 Å². The molecule has 0 unspecified atom stereocenters. The maximum atomic E-state index is 4.67. The highest BCUT2D eigenvalue weighted by molar-refractivity contribution is 5.63. The second kappa shape index (κ2) is 6.99. The van der Waals surface area contributed by atoms with Gasteiger partial charge in [0, 0.05) is 23.5 Å². The second-order valence-corrected chi connectivity index (χ2v) is 6.59. The molecule has 1 aliphatic carbocycles. The van der Waals surface area contributed by atoms with Crippen molar-refractivity contribution >= 4 is 17.5 Å². The summed E-state index contributed by atoms with van der Waals surface area (Å²) in [7, 11) is 0. The van der Waals surface area contributed by atoms with E-state index < -0.39 is 0 Å². The normalized spacial score (nSPS) is 15.4. The number of aryl methyl sites for hydroxylation is 3. The molecule has 3 rings (SSSR count). The summed E-state index contributed by atoms with van der Waals surface area (Å²) in [6.07, 6.45) is 6.47. The fourth-order valence-corrected chi connectivity index (χ4v) is 3.28. The lowest BCUT2D eigenvalue weighted by Crippen LogP contribution is -2.23. The van der Waals surface area contributed by atoms with Crippen LogP contribution >= 0.6 is 0 Å². The van der Waals surface area contributed by atoms with Crippen molar-refractivity contribution in [3.8, 4) is 0 Å². The predicted octanol–water partition coefficient (Wildman–Crippen LogP) is 4.89. The minimum absolute atomic E-state index is 0.547. The monoisotopic (exact) mass is 310 g/mol. The summed E-state index contributed by atoms with van der Waals surface area (Å²) in [4.78, 5) is 9.21. The molecule has 4 nitrogen and oxygen atoms in total. The predicted molar refractivity (Wildman–Crippen MR) is 96.5 cm³/mol. The van der Waals surface area contributed by atoms with Crippen LogP contribution in [0.3, 0.4) is 0 Å². The van der Waals surface area contributed by atoms with Crippen LogP contribution in [0.25, 0.3) is 0 Å². The Morgan fingerprint density at radius 2 is 1.65 bits per heavy atom. The first-order valence-corrected chi connectivity index (χ1v) is 8.57. The van der Waals surface area contributed by atoms with Gasteiger partial charge in [-0.05, 0) is 44.7 Å². The first-order chi connectivity index (χ1) is 11.1. The topological polar surface area (TPSA) is 49.8 Å². The van der Waals surface area contributed by atoms with Gasteiger partial charge in [0.2, 0.25) is 5.95 Å². The molecular formula is C19H26N4. The highest BCUT2D eigenvalue weighted by Gasteiger charge is 2.14. The van der Waals surface area contributed by atoms with Gasteiger partial charge in [-0.25, -0.2) is 4.98 Å². The van der Waals surface area contributed by atoms with E-state index in [1.807, 2.05) is 13.0 Å². The molecule has 2 N–H and O–H groups in total. The summed E-state index contributed by atoms with van der Waals surface area (Å²) in [5.74, 6) is 1.60. The van der Waals surface area contributed by atoms with Gasteiger partial charge in [0.1, 0.15) is 5.82 Å². The van der Waals surface area contributed by atoms with Crippen LogP contribution in [-0.4, -0.2) is 16.0 Å². The molecule has 0 amide bonds. The molecule has 122 valence electrons. The van der Waals surface area contributed by atoms with E-state index in [1.165, 1.54) is 43.2 Å². The number of benzene rings is 1. The molecule has 0 spiro atoms. The summed E-state index contributed by atoms with van der Waals surface area (Å²) < 4.78 is 0. The first-order valence-electron chi connectivity index (χ1n) is 8.57. The number of aromatic nitrogens is 2. The van der Waals surface area contributed by atoms with Crippen molar-refractivity contribution in [2.24, 2.45) is 0 Å². The van der Waals surface area contributed by atoms with Crippen LogP contribution in [0.1, 0.15) is 48.9 Å². The Bertz CT molecular complexity index is 655. The van der Waals surface area contributed by atoms with E-state index >= 15 is 0 Å². The zero-order valence-corrected chi connectivity index (χ0v) is 14.3. The van der Waals surface area contributed by atoms with E-state index in [2.05, 4.69) is 52.6 Å². The fraction of sp³-hybridized carbons (Fsp3) is 0.474. The van der Waals surface area contributed by atoms with E-state index in [9.17, 15) is 0 Å². The number of anilines is 3. The molecular weight excluding hydrogens is 284 g/mol. The van der Waals surface area contributed by atoms with Gasteiger partial charge in [0.25, 0.3) is 0 Å². The van der Waals surface area contributed by atoms with E-state index in [-0.39, 0.29) is 0 Å². The molecule has 4 heteroatoms. The lowest BCUT2D eigenvalue weighted by Gasteiger charge is -2.23. The molecule has 1 aromatic carbocycles. The van der Waals surface area contributed by atoms with Crippen LogP contribution in [0.2, 0.25) is 0 Å². The lowest BCUT2D eigenvalue weighted by atomic mass is 9.95. The Morgan fingerprint density at radius 1 is 0.957 bits per heavy atom. The van der Waals surface area contributed by atoms with Crippen LogP contribution in [0.15, 0.2) is 24.3 Å². The molecule has 1 aliphatic rings. The Morgan fingerprint density at radius 3 is 2.35 bits per heavy atom. The molecule has 1 saturated carbocycles. The average molecular weight is 310 g/mol. The maximum absolute atomic E-state index is 4.67. The van der Waals surface area contributed by atoms with Crippen molar-refractivity contribution in [3.63, 3.8) is 0 Å². The molecule has 1 fully saturated rings. The standard InChI is InChI=1S/C19H26N4/c1-13-8-7-9-14(2)18(13)23-19-20-15(3)12-17(22-19)21-16-10-5-4-6-11-16/h7-9,12,16H,4-6,10-11H2,1-3H3,(H2,20,21,22,23). The highest BCUT2D eigenvalue weighted by atomic mass is 15.2. The van der Waals surface area contributed by atoms with Gasteiger partial charge >= 0.3 is 0 Å². The minimum atomic E-state index is 0.547. The zero-order valence-electron chi connectivity index (χ0n) is 14.3. The SMILES string of the molecule is Cc1cc(NC2CCCCC2)nc(Nc2c(C)cccc2C)n1. The van der Waals surface area contributed by atoms with Gasteiger partial charge in [-0.15, -0.1) is 0 Å². The molecule has 23 heavy (non-hydrogen) atoms. The molecule has 0 saturated heterocycles. The van der Waals surface area contributed by atoms with E-state index in [1.54, 1.807) is 0 Å². The lowest BCUT2D eigenvalue weighted by molar-refractivity contribution is 0.462. The Labute approximate surface area is 138 Å². The number of para-hydroxylation sites is 1. The summed E-state index contributed by atoms with van der Waals surface area (Å²) in [6.45, 7) is 6.22. The quantitative estimate of drug-likeness (QED) is 0.844. The summed E-state index contributed by atoms with van der Waals surface area (Å²) >= 11 is 0. The fourth-order valence-electron chi connectivity index (χ4n) is 3.28. The van der Waals surface area contributed by atoms with Gasteiger partial charge in [0.05, 0.1) is 0 Å². The van der Waals surface area contributed by atoms with Crippen LogP contribution in [0.4, 0.5) is 17.5 Å². The van der Waals surface area contributed by atoms with Crippen LogP contribution < -0.4 is 10.6 Å². The number of hydrogen-bond acceptors (Lipinski definition) is 4. The van der Waals surface area contributed by atoms with Crippen LogP contribution in [0, 0.1) is 20.8 Å². The molecule has 2 aromatic rings. The third-order valence-corrected chi connectivity index (χ3v) is 4.53. The zero-order chi connectivity index (χ0) is 16.2. The van der Waals surface area contributed by atoms with Gasteiger partial charge < -0.3 is 10.6 Å². The Kier molecular flexibility index (Phi) is 4.79. The molecule has 0 atom stereocenters. The maximum Gasteiger partial charge on any atom is 0.229 e. The van der Waals surface area contributed by atoms with E-state index in [0.717, 1.165) is 17.2 Å². The van der Waals surface area contributed by atoms with Crippen molar-refractivity contribution in [2.75, 3.05) is 10.6 Å². The molecule has 1 aromatic heterocycles.